The van der Waals surface area contributed by atoms with Crippen molar-refractivity contribution >= 4 is 0 Å². The molecular weight excluding hydrogens is 246 g/mol. The van der Waals surface area contributed by atoms with Gasteiger partial charge in [0, 0.05) is 7.11 Å². The van der Waals surface area contributed by atoms with Gasteiger partial charge >= 0.3 is 0 Å². The molecule has 108 valence electrons. The van der Waals surface area contributed by atoms with Crippen LogP contribution in [0.4, 0.5) is 0 Å². The van der Waals surface area contributed by atoms with Gasteiger partial charge in [0.15, 0.2) is 0 Å². The molecule has 0 heterocycles. The lowest BCUT2D eigenvalue weighted by molar-refractivity contribution is 0.0216. The fourth-order valence-corrected chi connectivity index (χ4v) is 1.52. The van der Waals surface area contributed by atoms with Gasteiger partial charge in [0.1, 0.15) is 5.75 Å². The lowest BCUT2D eigenvalue weighted by atomic mass is 10.1. The van der Waals surface area contributed by atoms with Crippen molar-refractivity contribution in [2.45, 2.75) is 6.04 Å². The number of ether oxygens (including phenoxy) is 4. The van der Waals surface area contributed by atoms with Crippen LogP contribution in [0.25, 0.3) is 0 Å². The second kappa shape index (κ2) is 9.75. The summed E-state index contributed by atoms with van der Waals surface area (Å²) in [5.74, 6) is 0.823. The zero-order chi connectivity index (χ0) is 13.9. The monoisotopic (exact) mass is 269 g/mol. The smallest absolute Gasteiger partial charge is 0.118 e. The first-order chi connectivity index (χ1) is 9.27. The minimum atomic E-state index is -0.134. The summed E-state index contributed by atoms with van der Waals surface area (Å²) in [5.41, 5.74) is 7.05. The SMILES string of the molecule is COCCOCCOCC(N)c1ccc(OC)cc1. The minimum absolute atomic E-state index is 0.134. The average Bonchev–Trinajstić information content (AvgIpc) is 2.46. The Morgan fingerprint density at radius 2 is 1.58 bits per heavy atom. The van der Waals surface area contributed by atoms with Gasteiger partial charge in [0.25, 0.3) is 0 Å². The highest BCUT2D eigenvalue weighted by Crippen LogP contribution is 2.16. The summed E-state index contributed by atoms with van der Waals surface area (Å²) in [6.07, 6.45) is 0. The number of methoxy groups -OCH3 is 2. The Kier molecular flexibility index (Phi) is 8.16. The van der Waals surface area contributed by atoms with Gasteiger partial charge in [-0.15, -0.1) is 0 Å². The molecule has 1 aromatic rings. The molecule has 1 rings (SSSR count). The molecule has 0 aliphatic rings. The molecule has 2 N–H and O–H groups in total. The predicted molar refractivity (Wildman–Crippen MR) is 73.4 cm³/mol. The first-order valence-corrected chi connectivity index (χ1v) is 6.32. The van der Waals surface area contributed by atoms with Crippen molar-refractivity contribution in [1.29, 1.82) is 0 Å². The maximum absolute atomic E-state index is 6.02. The molecule has 0 spiro atoms. The van der Waals surface area contributed by atoms with Crippen LogP contribution < -0.4 is 10.5 Å². The number of hydrogen-bond donors (Lipinski definition) is 1. The maximum atomic E-state index is 6.02. The summed E-state index contributed by atoms with van der Waals surface area (Å²) in [5, 5.41) is 0. The topological polar surface area (TPSA) is 62.9 Å². The van der Waals surface area contributed by atoms with Crippen molar-refractivity contribution in [1.82, 2.24) is 0 Å². The van der Waals surface area contributed by atoms with Crippen LogP contribution in [0.15, 0.2) is 24.3 Å². The zero-order valence-corrected chi connectivity index (χ0v) is 11.6. The van der Waals surface area contributed by atoms with Crippen LogP contribution in [0.3, 0.4) is 0 Å². The summed E-state index contributed by atoms with van der Waals surface area (Å²) in [7, 11) is 3.29. The number of rotatable bonds is 10. The van der Waals surface area contributed by atoms with E-state index in [1.54, 1.807) is 14.2 Å². The largest absolute Gasteiger partial charge is 0.497 e. The van der Waals surface area contributed by atoms with Crippen LogP contribution in [0.2, 0.25) is 0 Å². The summed E-state index contributed by atoms with van der Waals surface area (Å²) in [6, 6.07) is 7.54. The van der Waals surface area contributed by atoms with Gasteiger partial charge in [-0.1, -0.05) is 12.1 Å². The van der Waals surface area contributed by atoms with Crippen molar-refractivity contribution in [2.24, 2.45) is 5.73 Å². The molecule has 0 bridgehead atoms. The van der Waals surface area contributed by atoms with Gasteiger partial charge in [-0.05, 0) is 17.7 Å². The van der Waals surface area contributed by atoms with E-state index in [0.717, 1.165) is 11.3 Å². The molecule has 0 fully saturated rings. The third-order valence-electron chi connectivity index (χ3n) is 2.65. The third-order valence-corrected chi connectivity index (χ3v) is 2.65. The van der Waals surface area contributed by atoms with Crippen LogP contribution in [-0.4, -0.2) is 47.3 Å². The van der Waals surface area contributed by atoms with E-state index in [0.29, 0.717) is 33.0 Å². The van der Waals surface area contributed by atoms with E-state index in [-0.39, 0.29) is 6.04 Å². The summed E-state index contributed by atoms with van der Waals surface area (Å²) in [6.45, 7) is 2.75. The molecule has 5 nitrogen and oxygen atoms in total. The first-order valence-electron chi connectivity index (χ1n) is 6.32. The fraction of sp³-hybridized carbons (Fsp3) is 0.571. The lowest BCUT2D eigenvalue weighted by Crippen LogP contribution is -2.19. The molecule has 0 aliphatic heterocycles. The zero-order valence-electron chi connectivity index (χ0n) is 11.6. The Bertz CT molecular complexity index is 329. The Morgan fingerprint density at radius 3 is 2.21 bits per heavy atom. The van der Waals surface area contributed by atoms with Gasteiger partial charge in [-0.2, -0.15) is 0 Å². The average molecular weight is 269 g/mol. The van der Waals surface area contributed by atoms with E-state index in [4.69, 9.17) is 24.7 Å². The van der Waals surface area contributed by atoms with Crippen LogP contribution in [-0.2, 0) is 14.2 Å². The second-order valence-corrected chi connectivity index (χ2v) is 4.06. The molecular formula is C14H23NO4. The molecule has 0 amide bonds. The minimum Gasteiger partial charge on any atom is -0.497 e. The molecule has 0 radical (unpaired) electrons. The number of hydrogen-bond acceptors (Lipinski definition) is 5. The van der Waals surface area contributed by atoms with E-state index in [1.807, 2.05) is 24.3 Å². The Balaban J connectivity index is 2.14. The van der Waals surface area contributed by atoms with E-state index < -0.39 is 0 Å². The van der Waals surface area contributed by atoms with Crippen molar-refractivity contribution in [2.75, 3.05) is 47.3 Å². The van der Waals surface area contributed by atoms with E-state index >= 15 is 0 Å². The molecule has 1 unspecified atom stereocenters. The number of nitrogens with two attached hydrogens (primary N) is 1. The van der Waals surface area contributed by atoms with E-state index in [9.17, 15) is 0 Å². The van der Waals surface area contributed by atoms with Gasteiger partial charge in [0.05, 0.1) is 46.2 Å². The van der Waals surface area contributed by atoms with E-state index in [2.05, 4.69) is 0 Å². The van der Waals surface area contributed by atoms with Crippen LogP contribution >= 0.6 is 0 Å². The van der Waals surface area contributed by atoms with Crippen LogP contribution in [0, 0.1) is 0 Å². The Labute approximate surface area is 114 Å². The molecule has 0 saturated heterocycles. The molecule has 1 aromatic carbocycles. The van der Waals surface area contributed by atoms with E-state index in [1.165, 1.54) is 0 Å². The molecule has 5 heteroatoms. The highest BCUT2D eigenvalue weighted by atomic mass is 16.5. The molecule has 0 saturated carbocycles. The Hall–Kier alpha value is -1.14. The highest BCUT2D eigenvalue weighted by molar-refractivity contribution is 5.28. The second-order valence-electron chi connectivity index (χ2n) is 4.06. The molecule has 19 heavy (non-hydrogen) atoms. The predicted octanol–water partition coefficient (Wildman–Crippen LogP) is 1.37. The molecule has 1 atom stereocenters. The molecule has 0 aliphatic carbocycles. The van der Waals surface area contributed by atoms with Gasteiger partial charge in [0.2, 0.25) is 0 Å². The molecule has 0 aromatic heterocycles. The number of benzene rings is 1. The third kappa shape index (κ3) is 6.54. The van der Waals surface area contributed by atoms with Gasteiger partial charge in [-0.25, -0.2) is 0 Å². The standard InChI is InChI=1S/C14H23NO4/c1-16-7-8-18-9-10-19-11-14(15)12-3-5-13(17-2)6-4-12/h3-6,14H,7-11,15H2,1-2H3. The van der Waals surface area contributed by atoms with Crippen molar-refractivity contribution in [3.05, 3.63) is 29.8 Å². The van der Waals surface area contributed by atoms with Gasteiger partial charge < -0.3 is 24.7 Å². The van der Waals surface area contributed by atoms with Crippen LogP contribution in [0.1, 0.15) is 11.6 Å². The summed E-state index contributed by atoms with van der Waals surface area (Å²) < 4.78 is 20.7. The quantitative estimate of drug-likeness (QED) is 0.650. The Morgan fingerprint density at radius 1 is 0.947 bits per heavy atom. The fourth-order valence-electron chi connectivity index (χ4n) is 1.52. The first kappa shape index (κ1) is 15.9. The van der Waals surface area contributed by atoms with Crippen LogP contribution in [0.5, 0.6) is 5.75 Å². The van der Waals surface area contributed by atoms with Crippen molar-refractivity contribution < 1.29 is 18.9 Å². The van der Waals surface area contributed by atoms with Crippen molar-refractivity contribution in [3.8, 4) is 5.75 Å². The maximum Gasteiger partial charge on any atom is 0.118 e. The summed E-state index contributed by atoms with van der Waals surface area (Å²) >= 11 is 0. The highest BCUT2D eigenvalue weighted by Gasteiger charge is 2.06. The lowest BCUT2D eigenvalue weighted by Gasteiger charge is -2.13. The van der Waals surface area contributed by atoms with Gasteiger partial charge in [-0.3, -0.25) is 0 Å². The summed E-state index contributed by atoms with van der Waals surface area (Å²) in [4.78, 5) is 0. The normalized spacial score (nSPS) is 12.4. The van der Waals surface area contributed by atoms with Crippen molar-refractivity contribution in [3.63, 3.8) is 0 Å².